The summed E-state index contributed by atoms with van der Waals surface area (Å²) in [6.45, 7) is 4.56. The van der Waals surface area contributed by atoms with Crippen LogP contribution in [-0.4, -0.2) is 6.21 Å². The molecule has 1 heteroatoms. The first-order valence-corrected chi connectivity index (χ1v) is 5.34. The molecular formula is C11H21N. The minimum absolute atomic E-state index is 0.591. The van der Waals surface area contributed by atoms with Crippen molar-refractivity contribution in [2.24, 2.45) is 17.8 Å². The molecule has 0 aliphatic heterocycles. The van der Waals surface area contributed by atoms with E-state index in [0.717, 1.165) is 11.8 Å². The molecular weight excluding hydrogens is 146 g/mol. The van der Waals surface area contributed by atoms with Gasteiger partial charge in [0.15, 0.2) is 0 Å². The summed E-state index contributed by atoms with van der Waals surface area (Å²) >= 11 is 0. The summed E-state index contributed by atoms with van der Waals surface area (Å²) in [7, 11) is 0. The van der Waals surface area contributed by atoms with E-state index in [0.29, 0.717) is 5.92 Å². The van der Waals surface area contributed by atoms with Crippen LogP contribution in [0.1, 0.15) is 46.0 Å². The zero-order valence-electron chi connectivity index (χ0n) is 8.34. The lowest BCUT2D eigenvalue weighted by atomic mass is 9.70. The Balaban J connectivity index is 2.58. The third kappa shape index (κ3) is 1.88. The van der Waals surface area contributed by atoms with Crippen LogP contribution in [0.15, 0.2) is 0 Å². The molecule has 0 heterocycles. The van der Waals surface area contributed by atoms with E-state index in [2.05, 4.69) is 13.8 Å². The molecule has 0 bridgehead atoms. The van der Waals surface area contributed by atoms with Crippen LogP contribution in [0.4, 0.5) is 0 Å². The van der Waals surface area contributed by atoms with Gasteiger partial charge in [0, 0.05) is 0 Å². The Hall–Kier alpha value is -0.330. The fourth-order valence-electron chi connectivity index (χ4n) is 2.74. The minimum Gasteiger partial charge on any atom is -0.313 e. The van der Waals surface area contributed by atoms with Gasteiger partial charge in [-0.25, -0.2) is 0 Å². The molecule has 0 saturated heterocycles. The molecule has 1 N–H and O–H groups in total. The van der Waals surface area contributed by atoms with Gasteiger partial charge in [0.05, 0.1) is 0 Å². The van der Waals surface area contributed by atoms with Gasteiger partial charge in [0.2, 0.25) is 0 Å². The lowest BCUT2D eigenvalue weighted by Gasteiger charge is -2.35. The first kappa shape index (κ1) is 9.76. The average Bonchev–Trinajstić information content (AvgIpc) is 2.16. The van der Waals surface area contributed by atoms with Crippen molar-refractivity contribution in [1.29, 1.82) is 5.41 Å². The third-order valence-corrected chi connectivity index (χ3v) is 3.48. The molecule has 1 rings (SSSR count). The van der Waals surface area contributed by atoms with Gasteiger partial charge in [-0.15, -0.1) is 0 Å². The van der Waals surface area contributed by atoms with Gasteiger partial charge in [-0.2, -0.15) is 0 Å². The Morgan fingerprint density at radius 1 is 1.25 bits per heavy atom. The maximum absolute atomic E-state index is 7.37. The molecule has 1 saturated carbocycles. The standard InChI is InChI=1S/C11H21N/c1-3-9-6-5-7-10(8-12)11(9)4-2/h8-12H,3-7H2,1-2H3. The summed E-state index contributed by atoms with van der Waals surface area (Å²) in [5.41, 5.74) is 0. The first-order valence-electron chi connectivity index (χ1n) is 5.34. The lowest BCUT2D eigenvalue weighted by molar-refractivity contribution is 0.188. The average molecular weight is 167 g/mol. The van der Waals surface area contributed by atoms with E-state index in [9.17, 15) is 0 Å². The fraction of sp³-hybridized carbons (Fsp3) is 0.909. The molecule has 1 aliphatic carbocycles. The predicted octanol–water partition coefficient (Wildman–Crippen LogP) is 3.49. The minimum atomic E-state index is 0.591. The second-order valence-electron chi connectivity index (χ2n) is 4.00. The molecule has 0 aromatic carbocycles. The van der Waals surface area contributed by atoms with Gasteiger partial charge < -0.3 is 5.41 Å². The Bertz CT molecular complexity index is 142. The van der Waals surface area contributed by atoms with E-state index in [1.807, 2.05) is 0 Å². The first-order chi connectivity index (χ1) is 5.83. The van der Waals surface area contributed by atoms with Crippen LogP contribution in [0.2, 0.25) is 0 Å². The maximum atomic E-state index is 7.37. The van der Waals surface area contributed by atoms with Crippen LogP contribution in [0.3, 0.4) is 0 Å². The van der Waals surface area contributed by atoms with Crippen LogP contribution in [0.25, 0.3) is 0 Å². The van der Waals surface area contributed by atoms with Crippen molar-refractivity contribution in [2.75, 3.05) is 0 Å². The largest absolute Gasteiger partial charge is 0.313 e. The van der Waals surface area contributed by atoms with Crippen LogP contribution in [-0.2, 0) is 0 Å². The summed E-state index contributed by atoms with van der Waals surface area (Å²) in [6.07, 6.45) is 8.27. The zero-order valence-corrected chi connectivity index (χ0v) is 8.34. The maximum Gasteiger partial charge on any atom is -0.00139 e. The molecule has 12 heavy (non-hydrogen) atoms. The van der Waals surface area contributed by atoms with Gasteiger partial charge in [0.1, 0.15) is 0 Å². The van der Waals surface area contributed by atoms with Crippen LogP contribution >= 0.6 is 0 Å². The predicted molar refractivity (Wildman–Crippen MR) is 53.7 cm³/mol. The Labute approximate surface area is 76.1 Å². The van der Waals surface area contributed by atoms with Gasteiger partial charge >= 0.3 is 0 Å². The van der Waals surface area contributed by atoms with Crippen molar-refractivity contribution in [3.05, 3.63) is 0 Å². The highest BCUT2D eigenvalue weighted by Gasteiger charge is 2.29. The molecule has 1 aliphatic rings. The molecule has 3 unspecified atom stereocenters. The van der Waals surface area contributed by atoms with Gasteiger partial charge in [0.25, 0.3) is 0 Å². The van der Waals surface area contributed by atoms with E-state index in [4.69, 9.17) is 5.41 Å². The number of rotatable bonds is 3. The Morgan fingerprint density at radius 3 is 2.50 bits per heavy atom. The monoisotopic (exact) mass is 167 g/mol. The van der Waals surface area contributed by atoms with Gasteiger partial charge in [-0.3, -0.25) is 0 Å². The van der Waals surface area contributed by atoms with E-state index in [-0.39, 0.29) is 0 Å². The SMILES string of the molecule is CCC1CCCC(C=N)C1CC. The van der Waals surface area contributed by atoms with Crippen molar-refractivity contribution < 1.29 is 0 Å². The van der Waals surface area contributed by atoms with Crippen molar-refractivity contribution in [2.45, 2.75) is 46.0 Å². The smallest absolute Gasteiger partial charge is 0.00139 e. The van der Waals surface area contributed by atoms with E-state index in [1.165, 1.54) is 32.1 Å². The molecule has 0 aromatic rings. The molecule has 0 amide bonds. The van der Waals surface area contributed by atoms with Crippen molar-refractivity contribution in [1.82, 2.24) is 0 Å². The highest BCUT2D eigenvalue weighted by atomic mass is 14.4. The van der Waals surface area contributed by atoms with Crippen molar-refractivity contribution in [3.63, 3.8) is 0 Å². The molecule has 3 atom stereocenters. The van der Waals surface area contributed by atoms with E-state index in [1.54, 1.807) is 6.21 Å². The molecule has 0 radical (unpaired) electrons. The molecule has 0 spiro atoms. The molecule has 70 valence electrons. The van der Waals surface area contributed by atoms with E-state index < -0.39 is 0 Å². The second-order valence-corrected chi connectivity index (χ2v) is 4.00. The quantitative estimate of drug-likeness (QED) is 0.622. The van der Waals surface area contributed by atoms with E-state index >= 15 is 0 Å². The second kappa shape index (κ2) is 4.64. The lowest BCUT2D eigenvalue weighted by Crippen LogP contribution is -2.28. The number of hydrogen-bond donors (Lipinski definition) is 1. The molecule has 1 nitrogen and oxygen atoms in total. The summed E-state index contributed by atoms with van der Waals surface area (Å²) < 4.78 is 0. The van der Waals surface area contributed by atoms with Crippen LogP contribution in [0, 0.1) is 23.2 Å². The summed E-state index contributed by atoms with van der Waals surface area (Å²) in [4.78, 5) is 0. The van der Waals surface area contributed by atoms with Crippen LogP contribution < -0.4 is 0 Å². The topological polar surface area (TPSA) is 23.9 Å². The summed E-state index contributed by atoms with van der Waals surface area (Å²) in [6, 6.07) is 0. The third-order valence-electron chi connectivity index (χ3n) is 3.48. The summed E-state index contributed by atoms with van der Waals surface area (Å²) in [5.74, 6) is 2.30. The fourth-order valence-corrected chi connectivity index (χ4v) is 2.74. The number of nitrogens with one attached hydrogen (secondary N) is 1. The van der Waals surface area contributed by atoms with Gasteiger partial charge in [-0.1, -0.05) is 39.5 Å². The summed E-state index contributed by atoms with van der Waals surface area (Å²) in [5, 5.41) is 7.37. The molecule has 0 aromatic heterocycles. The highest BCUT2D eigenvalue weighted by Crippen LogP contribution is 2.37. The normalized spacial score (nSPS) is 36.3. The Morgan fingerprint density at radius 2 is 2.00 bits per heavy atom. The van der Waals surface area contributed by atoms with Crippen molar-refractivity contribution in [3.8, 4) is 0 Å². The van der Waals surface area contributed by atoms with Crippen LogP contribution in [0.5, 0.6) is 0 Å². The Kier molecular flexibility index (Phi) is 3.77. The van der Waals surface area contributed by atoms with Gasteiger partial charge in [-0.05, 0) is 30.4 Å². The number of hydrogen-bond acceptors (Lipinski definition) is 1. The van der Waals surface area contributed by atoms with Crippen molar-refractivity contribution >= 4 is 6.21 Å². The molecule has 1 fully saturated rings. The highest BCUT2D eigenvalue weighted by molar-refractivity contribution is 5.57. The zero-order chi connectivity index (χ0) is 8.97.